The number of nitrogens with one attached hydrogen (secondary N) is 4. The van der Waals surface area contributed by atoms with E-state index in [4.69, 9.17) is 0 Å². The Morgan fingerprint density at radius 2 is 0.875 bits per heavy atom. The molecule has 0 bridgehead atoms. The number of carbonyl (C=O) groups is 4. The summed E-state index contributed by atoms with van der Waals surface area (Å²) in [5.74, 6) is -1.38. The second-order valence-corrected chi connectivity index (χ2v) is 4.76. The van der Waals surface area contributed by atoms with Gasteiger partial charge >= 0.3 is 24.0 Å². The Bertz CT molecular complexity index is 378. The van der Waals surface area contributed by atoms with Gasteiger partial charge in [-0.05, 0) is 25.7 Å². The topological polar surface area (TPSA) is 135 Å². The molecule has 0 fully saturated rings. The third-order valence-electron chi connectivity index (χ3n) is 2.89. The Labute approximate surface area is 141 Å². The zero-order valence-corrected chi connectivity index (χ0v) is 14.1. The molecule has 0 aliphatic rings. The van der Waals surface area contributed by atoms with Crippen molar-refractivity contribution in [3.05, 3.63) is 0 Å². The average molecular weight is 346 g/mol. The van der Waals surface area contributed by atoms with E-state index in [1.807, 2.05) is 0 Å². The number of ether oxygens (including phenoxy) is 2. The zero-order chi connectivity index (χ0) is 18.2. The summed E-state index contributed by atoms with van der Waals surface area (Å²) in [5.41, 5.74) is 0. The third kappa shape index (κ3) is 12.1. The van der Waals surface area contributed by atoms with Crippen molar-refractivity contribution in [3.63, 3.8) is 0 Å². The first-order valence-electron chi connectivity index (χ1n) is 7.71. The van der Waals surface area contributed by atoms with E-state index in [0.29, 0.717) is 51.9 Å². The molecule has 0 aromatic heterocycles. The van der Waals surface area contributed by atoms with Crippen LogP contribution in [0.1, 0.15) is 25.7 Å². The predicted octanol–water partition coefficient (Wildman–Crippen LogP) is -0.509. The quantitative estimate of drug-likeness (QED) is 0.311. The Hall–Kier alpha value is -2.52. The van der Waals surface area contributed by atoms with E-state index in [1.54, 1.807) is 0 Å². The zero-order valence-electron chi connectivity index (χ0n) is 14.1. The molecule has 0 atom stereocenters. The summed E-state index contributed by atoms with van der Waals surface area (Å²) in [5, 5.41) is 10.0. The van der Waals surface area contributed by atoms with Crippen LogP contribution in [0.15, 0.2) is 0 Å². The molecule has 138 valence electrons. The summed E-state index contributed by atoms with van der Waals surface area (Å²) in [6.07, 6.45) is 1.57. The largest absolute Gasteiger partial charge is 0.453 e. The molecular weight excluding hydrogens is 320 g/mol. The van der Waals surface area contributed by atoms with E-state index < -0.39 is 24.0 Å². The Morgan fingerprint density at radius 3 is 1.17 bits per heavy atom. The van der Waals surface area contributed by atoms with Crippen LogP contribution >= 0.6 is 0 Å². The van der Waals surface area contributed by atoms with Crippen LogP contribution in [0.25, 0.3) is 0 Å². The molecule has 0 radical (unpaired) electrons. The van der Waals surface area contributed by atoms with Crippen molar-refractivity contribution in [3.8, 4) is 0 Å². The molecule has 0 aromatic rings. The smallest absolute Gasteiger partial charge is 0.406 e. The number of hydrogen-bond donors (Lipinski definition) is 4. The van der Waals surface area contributed by atoms with Crippen LogP contribution < -0.4 is 21.3 Å². The highest BCUT2D eigenvalue weighted by atomic mass is 16.5. The van der Waals surface area contributed by atoms with Gasteiger partial charge in [0.15, 0.2) is 0 Å². The van der Waals surface area contributed by atoms with E-state index >= 15 is 0 Å². The summed E-state index contributed by atoms with van der Waals surface area (Å²) >= 11 is 0. The van der Waals surface area contributed by atoms with Crippen molar-refractivity contribution >= 4 is 24.0 Å². The highest BCUT2D eigenvalue weighted by Gasteiger charge is 2.11. The molecule has 0 spiro atoms. The maximum Gasteiger partial charge on any atom is 0.406 e. The van der Waals surface area contributed by atoms with Crippen LogP contribution in [0.5, 0.6) is 0 Å². The second kappa shape index (κ2) is 14.1. The molecule has 0 rings (SSSR count). The SMILES string of the molecule is COC(=O)NCCCCNC(=O)C(=O)NCCCCNC(=O)OC. The van der Waals surface area contributed by atoms with Crippen LogP contribution in [0, 0.1) is 0 Å². The lowest BCUT2D eigenvalue weighted by Gasteiger charge is -2.07. The van der Waals surface area contributed by atoms with Crippen LogP contribution in [0.4, 0.5) is 9.59 Å². The van der Waals surface area contributed by atoms with E-state index in [9.17, 15) is 19.2 Å². The maximum atomic E-state index is 11.5. The first-order chi connectivity index (χ1) is 11.5. The number of hydrogen-bond acceptors (Lipinski definition) is 6. The first kappa shape index (κ1) is 21.5. The first-order valence-corrected chi connectivity index (χ1v) is 7.71. The standard InChI is InChI=1S/C14H26N4O6/c1-23-13(21)17-9-5-3-7-15-11(19)12(20)16-8-4-6-10-18-14(22)24-2/h3-10H2,1-2H3,(H,15,19)(H,16,20)(H,17,21)(H,18,22). The normalized spacial score (nSPS) is 9.58. The van der Waals surface area contributed by atoms with Gasteiger partial charge in [-0.3, -0.25) is 9.59 Å². The molecular formula is C14H26N4O6. The fraction of sp³-hybridized carbons (Fsp3) is 0.714. The van der Waals surface area contributed by atoms with Gasteiger partial charge in [0.1, 0.15) is 0 Å². The minimum Gasteiger partial charge on any atom is -0.453 e. The van der Waals surface area contributed by atoms with Crippen molar-refractivity contribution in [1.29, 1.82) is 0 Å². The lowest BCUT2D eigenvalue weighted by molar-refractivity contribution is -0.139. The Kier molecular flexibility index (Phi) is 12.6. The van der Waals surface area contributed by atoms with E-state index in [2.05, 4.69) is 30.7 Å². The molecule has 24 heavy (non-hydrogen) atoms. The van der Waals surface area contributed by atoms with Gasteiger partial charge in [-0.1, -0.05) is 0 Å². The lowest BCUT2D eigenvalue weighted by Crippen LogP contribution is -2.40. The minimum absolute atomic E-state index is 0.345. The molecule has 0 aromatic carbocycles. The number of alkyl carbamates (subject to hydrolysis) is 2. The second-order valence-electron chi connectivity index (χ2n) is 4.76. The van der Waals surface area contributed by atoms with Crippen molar-refractivity contribution in [2.24, 2.45) is 0 Å². The minimum atomic E-state index is -0.691. The van der Waals surface area contributed by atoms with E-state index in [-0.39, 0.29) is 0 Å². The summed E-state index contributed by atoms with van der Waals surface area (Å²) in [7, 11) is 2.56. The molecule has 4 amide bonds. The van der Waals surface area contributed by atoms with Gasteiger partial charge in [0.2, 0.25) is 0 Å². The summed E-state index contributed by atoms with van der Waals surface area (Å²) in [6.45, 7) is 1.57. The molecule has 4 N–H and O–H groups in total. The van der Waals surface area contributed by atoms with Crippen LogP contribution in [0.2, 0.25) is 0 Å². The van der Waals surface area contributed by atoms with Gasteiger partial charge in [-0.2, -0.15) is 0 Å². The Morgan fingerprint density at radius 1 is 0.583 bits per heavy atom. The molecule has 0 aliphatic carbocycles. The van der Waals surface area contributed by atoms with Gasteiger partial charge in [0.05, 0.1) is 14.2 Å². The van der Waals surface area contributed by atoms with E-state index in [1.165, 1.54) is 14.2 Å². The third-order valence-corrected chi connectivity index (χ3v) is 2.89. The van der Waals surface area contributed by atoms with Crippen molar-refractivity contribution in [1.82, 2.24) is 21.3 Å². The Balaban J connectivity index is 3.51. The summed E-state index contributed by atoms with van der Waals surface area (Å²) < 4.78 is 8.81. The van der Waals surface area contributed by atoms with Crippen molar-refractivity contribution in [2.75, 3.05) is 40.4 Å². The molecule has 10 heteroatoms. The fourth-order valence-corrected chi connectivity index (χ4v) is 1.59. The van der Waals surface area contributed by atoms with Crippen LogP contribution in [-0.2, 0) is 19.1 Å². The molecule has 0 unspecified atom stereocenters. The van der Waals surface area contributed by atoms with Gasteiger partial charge in [-0.15, -0.1) is 0 Å². The number of rotatable bonds is 10. The molecule has 0 aliphatic heterocycles. The summed E-state index contributed by atoms with van der Waals surface area (Å²) in [6, 6.07) is 0. The van der Waals surface area contributed by atoms with Gasteiger partial charge in [0, 0.05) is 26.2 Å². The number of unbranched alkanes of at least 4 members (excludes halogenated alkanes) is 2. The van der Waals surface area contributed by atoms with Gasteiger partial charge < -0.3 is 30.7 Å². The fourth-order valence-electron chi connectivity index (χ4n) is 1.59. The van der Waals surface area contributed by atoms with Crippen molar-refractivity contribution in [2.45, 2.75) is 25.7 Å². The molecule has 0 saturated heterocycles. The van der Waals surface area contributed by atoms with E-state index in [0.717, 1.165) is 0 Å². The number of carbonyl (C=O) groups excluding carboxylic acids is 4. The number of amides is 4. The highest BCUT2D eigenvalue weighted by molar-refractivity contribution is 6.35. The predicted molar refractivity (Wildman–Crippen MR) is 85.3 cm³/mol. The summed E-state index contributed by atoms with van der Waals surface area (Å²) in [4.78, 5) is 44.5. The number of methoxy groups -OCH3 is 2. The van der Waals surface area contributed by atoms with Gasteiger partial charge in [0.25, 0.3) is 0 Å². The van der Waals surface area contributed by atoms with Crippen molar-refractivity contribution < 1.29 is 28.7 Å². The average Bonchev–Trinajstić information content (AvgIpc) is 2.59. The van der Waals surface area contributed by atoms with Gasteiger partial charge in [-0.25, -0.2) is 9.59 Å². The molecule has 0 heterocycles. The maximum absolute atomic E-state index is 11.5. The highest BCUT2D eigenvalue weighted by Crippen LogP contribution is 1.87. The van der Waals surface area contributed by atoms with Crippen LogP contribution in [0.3, 0.4) is 0 Å². The lowest BCUT2D eigenvalue weighted by atomic mass is 10.3. The van der Waals surface area contributed by atoms with Crippen LogP contribution in [-0.4, -0.2) is 64.4 Å². The molecule has 0 saturated carbocycles. The molecule has 10 nitrogen and oxygen atoms in total. The monoisotopic (exact) mass is 346 g/mol.